The molecule has 3 aliphatic rings. The third kappa shape index (κ3) is 4.30. The van der Waals surface area contributed by atoms with Crippen molar-refractivity contribution in [3.05, 3.63) is 59.3 Å². The molecule has 2 fully saturated rings. The first-order chi connectivity index (χ1) is 16.4. The van der Waals surface area contributed by atoms with Crippen LogP contribution in [0.3, 0.4) is 0 Å². The molecule has 0 radical (unpaired) electrons. The van der Waals surface area contributed by atoms with Gasteiger partial charge in [-0.25, -0.2) is 9.37 Å². The summed E-state index contributed by atoms with van der Waals surface area (Å²) < 4.78 is 15.9. The molecule has 7 nitrogen and oxygen atoms in total. The second-order valence-electron chi connectivity index (χ2n) is 10.0. The average Bonchev–Trinajstić information content (AvgIpc) is 3.14. The van der Waals surface area contributed by atoms with E-state index in [0.29, 0.717) is 44.8 Å². The quantitative estimate of drug-likeness (QED) is 0.658. The van der Waals surface area contributed by atoms with Crippen molar-refractivity contribution in [3.63, 3.8) is 0 Å². The summed E-state index contributed by atoms with van der Waals surface area (Å²) in [6.07, 6.45) is 3.85. The van der Waals surface area contributed by atoms with E-state index in [2.05, 4.69) is 33.2 Å². The number of hydrogen-bond donors (Lipinski definition) is 2. The molecule has 1 spiro atoms. The number of benzene rings is 1. The molecule has 2 aromatic rings. The highest BCUT2D eigenvalue weighted by Crippen LogP contribution is 2.47. The number of aliphatic hydroxyl groups is 1. The van der Waals surface area contributed by atoms with Crippen LogP contribution in [0, 0.1) is 0 Å². The summed E-state index contributed by atoms with van der Waals surface area (Å²) in [6.45, 7) is 3.27. The van der Waals surface area contributed by atoms with Crippen LogP contribution in [0.15, 0.2) is 47.8 Å². The van der Waals surface area contributed by atoms with Gasteiger partial charge in [-0.05, 0) is 48.9 Å². The highest BCUT2D eigenvalue weighted by molar-refractivity contribution is 6.05. The number of nitrogens with zero attached hydrogens (tertiary/aromatic N) is 4. The number of anilines is 1. The van der Waals surface area contributed by atoms with Crippen molar-refractivity contribution in [2.24, 2.45) is 5.16 Å². The number of nitrogens with two attached hydrogens (primary N) is 1. The highest BCUT2D eigenvalue weighted by Gasteiger charge is 2.49. The van der Waals surface area contributed by atoms with Gasteiger partial charge in [0, 0.05) is 56.3 Å². The van der Waals surface area contributed by atoms with Gasteiger partial charge in [0.25, 0.3) is 0 Å². The Morgan fingerprint density at radius 2 is 1.88 bits per heavy atom. The number of nitrogen functional groups attached to an aromatic ring is 1. The molecule has 0 amide bonds. The van der Waals surface area contributed by atoms with Gasteiger partial charge < -0.3 is 15.7 Å². The predicted molar refractivity (Wildman–Crippen MR) is 130 cm³/mol. The molecule has 8 heteroatoms. The van der Waals surface area contributed by atoms with Crippen LogP contribution in [-0.4, -0.2) is 70.8 Å². The Balaban J connectivity index is 1.20. The number of aliphatic hydroxyl groups excluding tert-OH is 1. The van der Waals surface area contributed by atoms with E-state index in [1.165, 1.54) is 5.56 Å². The molecule has 3 heterocycles. The predicted octanol–water partition coefficient (Wildman–Crippen LogP) is 3.07. The summed E-state index contributed by atoms with van der Waals surface area (Å²) in [5.41, 5.74) is 8.70. The van der Waals surface area contributed by atoms with Crippen molar-refractivity contribution in [1.29, 1.82) is 0 Å². The van der Waals surface area contributed by atoms with Gasteiger partial charge in [-0.1, -0.05) is 29.4 Å². The maximum atomic E-state index is 15.9. The zero-order chi connectivity index (χ0) is 23.8. The summed E-state index contributed by atoms with van der Waals surface area (Å²) in [6, 6.07) is 12.2. The topological polar surface area (TPSA) is 87.2 Å². The number of pyridine rings is 1. The van der Waals surface area contributed by atoms with Gasteiger partial charge in [0.15, 0.2) is 5.67 Å². The third-order valence-electron chi connectivity index (χ3n) is 8.02. The lowest BCUT2D eigenvalue weighted by atomic mass is 9.73. The second-order valence-corrected chi connectivity index (χ2v) is 10.0. The van der Waals surface area contributed by atoms with Crippen LogP contribution in [0.25, 0.3) is 0 Å². The maximum Gasteiger partial charge on any atom is 0.152 e. The van der Waals surface area contributed by atoms with Crippen LogP contribution < -0.4 is 5.73 Å². The summed E-state index contributed by atoms with van der Waals surface area (Å²) in [4.78, 5) is 13.3. The van der Waals surface area contributed by atoms with E-state index in [1.54, 1.807) is 13.3 Å². The Bertz CT molecular complexity index is 1040. The van der Waals surface area contributed by atoms with Crippen molar-refractivity contribution in [3.8, 4) is 0 Å². The standard InChI is InChI=1S/C26H34FN5O2/c1-34-30-22-17-25(21-5-3-2-4-20(21)22)7-14-32(15-8-25)24(33)26(27)9-12-31(13-10-26)18-19-6-11-29-23(28)16-19/h2-6,11,16,24,33H,7-10,12-15,17-18H2,1H3,(H2,28,29)/b30-22+. The zero-order valence-corrected chi connectivity index (χ0v) is 19.8. The van der Waals surface area contributed by atoms with E-state index >= 15 is 4.39 Å². The second kappa shape index (κ2) is 9.24. The van der Waals surface area contributed by atoms with Gasteiger partial charge in [0.1, 0.15) is 19.2 Å². The summed E-state index contributed by atoms with van der Waals surface area (Å²) in [7, 11) is 1.58. The molecule has 182 valence electrons. The van der Waals surface area contributed by atoms with E-state index in [9.17, 15) is 5.11 Å². The number of hydrogen-bond acceptors (Lipinski definition) is 7. The fourth-order valence-electron chi connectivity index (χ4n) is 6.06. The number of oxime groups is 1. The molecule has 0 bridgehead atoms. The number of alkyl halides is 1. The SMILES string of the molecule is CO/N=C1\CC2(CCN(C(O)C3(F)CCN(Cc4ccnc(N)c4)CC3)CC2)c2ccccc21. The lowest BCUT2D eigenvalue weighted by molar-refractivity contribution is -0.139. The van der Waals surface area contributed by atoms with Crippen LogP contribution >= 0.6 is 0 Å². The Morgan fingerprint density at radius 3 is 2.59 bits per heavy atom. The zero-order valence-electron chi connectivity index (χ0n) is 19.8. The number of rotatable bonds is 5. The molecular formula is C26H34FN5O2. The molecule has 34 heavy (non-hydrogen) atoms. The van der Waals surface area contributed by atoms with Gasteiger partial charge in [-0.3, -0.25) is 9.80 Å². The fourth-order valence-corrected chi connectivity index (χ4v) is 6.06. The van der Waals surface area contributed by atoms with Crippen LogP contribution in [0.4, 0.5) is 10.2 Å². The molecule has 2 aliphatic heterocycles. The van der Waals surface area contributed by atoms with Gasteiger partial charge in [0.2, 0.25) is 0 Å². The lowest BCUT2D eigenvalue weighted by Gasteiger charge is -2.47. The molecule has 3 N–H and O–H groups in total. The number of halogens is 1. The molecular weight excluding hydrogens is 433 g/mol. The first-order valence-corrected chi connectivity index (χ1v) is 12.2. The Hall–Kier alpha value is -2.55. The molecule has 5 rings (SSSR count). The monoisotopic (exact) mass is 467 g/mol. The maximum absolute atomic E-state index is 15.9. The lowest BCUT2D eigenvalue weighted by Crippen LogP contribution is -2.57. The smallest absolute Gasteiger partial charge is 0.152 e. The number of piperidine rings is 2. The van der Waals surface area contributed by atoms with Gasteiger partial charge in [0.05, 0.1) is 5.71 Å². The molecule has 1 unspecified atom stereocenters. The highest BCUT2D eigenvalue weighted by atomic mass is 19.1. The average molecular weight is 468 g/mol. The Kier molecular flexibility index (Phi) is 6.31. The van der Waals surface area contributed by atoms with E-state index in [-0.39, 0.29) is 5.41 Å². The van der Waals surface area contributed by atoms with E-state index in [0.717, 1.165) is 42.6 Å². The van der Waals surface area contributed by atoms with E-state index in [1.807, 2.05) is 23.1 Å². The molecule has 1 aliphatic carbocycles. The van der Waals surface area contributed by atoms with Crippen molar-refractivity contribution < 1.29 is 14.3 Å². The van der Waals surface area contributed by atoms with E-state index < -0.39 is 11.9 Å². The minimum atomic E-state index is -1.59. The number of aromatic nitrogens is 1. The normalized spacial score (nSPS) is 24.3. The first kappa shape index (κ1) is 23.2. The number of likely N-dealkylation sites (tertiary alicyclic amines) is 2. The first-order valence-electron chi connectivity index (χ1n) is 12.2. The molecule has 1 aromatic carbocycles. The van der Waals surface area contributed by atoms with E-state index in [4.69, 9.17) is 10.6 Å². The Morgan fingerprint density at radius 1 is 1.15 bits per heavy atom. The molecule has 0 saturated carbocycles. The van der Waals surface area contributed by atoms with Crippen molar-refractivity contribution in [2.45, 2.75) is 56.0 Å². The molecule has 1 aromatic heterocycles. The van der Waals surface area contributed by atoms with Crippen LogP contribution in [0.5, 0.6) is 0 Å². The summed E-state index contributed by atoms with van der Waals surface area (Å²) in [5.74, 6) is 0.498. The third-order valence-corrected chi connectivity index (χ3v) is 8.02. The van der Waals surface area contributed by atoms with Crippen LogP contribution in [0.1, 0.15) is 48.8 Å². The van der Waals surface area contributed by atoms with Crippen LogP contribution in [0.2, 0.25) is 0 Å². The molecule has 2 saturated heterocycles. The van der Waals surface area contributed by atoms with Gasteiger partial charge in [-0.15, -0.1) is 0 Å². The summed E-state index contributed by atoms with van der Waals surface area (Å²) >= 11 is 0. The minimum Gasteiger partial charge on any atom is -0.399 e. The fraction of sp³-hybridized carbons (Fsp3) is 0.538. The van der Waals surface area contributed by atoms with Gasteiger partial charge >= 0.3 is 0 Å². The van der Waals surface area contributed by atoms with Crippen molar-refractivity contribution in [1.82, 2.24) is 14.8 Å². The van der Waals surface area contributed by atoms with Gasteiger partial charge in [-0.2, -0.15) is 0 Å². The van der Waals surface area contributed by atoms with Crippen molar-refractivity contribution >= 4 is 11.5 Å². The summed E-state index contributed by atoms with van der Waals surface area (Å²) in [5, 5.41) is 15.4. The largest absolute Gasteiger partial charge is 0.399 e. The van der Waals surface area contributed by atoms with Crippen LogP contribution in [-0.2, 0) is 16.8 Å². The minimum absolute atomic E-state index is 0.0105. The Labute approximate surface area is 200 Å². The van der Waals surface area contributed by atoms with Crippen molar-refractivity contribution in [2.75, 3.05) is 39.0 Å². The molecule has 1 atom stereocenters. The number of fused-ring (bicyclic) bond motifs is 2.